The van der Waals surface area contributed by atoms with Crippen molar-refractivity contribution in [3.05, 3.63) is 34.2 Å². The van der Waals surface area contributed by atoms with Crippen LogP contribution in [0.1, 0.15) is 18.4 Å². The molecule has 2 rings (SSSR count). The van der Waals surface area contributed by atoms with E-state index in [2.05, 4.69) is 4.90 Å². The molecule has 15 heavy (non-hydrogen) atoms. The minimum atomic E-state index is 0.120. The Bertz CT molecular complexity index is 377. The number of hydrogen-bond acceptors (Lipinski definition) is 2. The molecule has 1 aliphatic rings. The van der Waals surface area contributed by atoms with E-state index in [-0.39, 0.29) is 5.56 Å². The summed E-state index contributed by atoms with van der Waals surface area (Å²) in [5, 5.41) is 0. The van der Waals surface area contributed by atoms with Crippen LogP contribution in [-0.2, 0) is 6.54 Å². The first kappa shape index (κ1) is 10.4. The Hall–Kier alpha value is -1.09. The molecule has 0 aliphatic carbocycles. The van der Waals surface area contributed by atoms with Gasteiger partial charge >= 0.3 is 0 Å². The van der Waals surface area contributed by atoms with Gasteiger partial charge in [-0.3, -0.25) is 4.79 Å². The van der Waals surface area contributed by atoms with Crippen LogP contribution in [0, 0.1) is 6.92 Å². The second kappa shape index (κ2) is 4.62. The van der Waals surface area contributed by atoms with Crippen molar-refractivity contribution in [2.45, 2.75) is 26.3 Å². The third-order valence-electron chi connectivity index (χ3n) is 3.01. The number of aryl methyl sites for hydroxylation is 1. The monoisotopic (exact) mass is 206 g/mol. The average molecular weight is 206 g/mol. The standard InChI is InChI=1S/C12H18N2O/c1-11-4-7-14(12(15)10-11)9-8-13-5-2-3-6-13/h4,7,10H,2-3,5-6,8-9H2,1H3. The van der Waals surface area contributed by atoms with Crippen LogP contribution >= 0.6 is 0 Å². The zero-order valence-corrected chi connectivity index (χ0v) is 9.28. The van der Waals surface area contributed by atoms with E-state index in [1.165, 1.54) is 25.9 Å². The van der Waals surface area contributed by atoms with Gasteiger partial charge in [0.05, 0.1) is 0 Å². The van der Waals surface area contributed by atoms with Crippen molar-refractivity contribution in [2.24, 2.45) is 0 Å². The van der Waals surface area contributed by atoms with E-state index in [0.717, 1.165) is 18.7 Å². The summed E-state index contributed by atoms with van der Waals surface area (Å²) in [7, 11) is 0. The van der Waals surface area contributed by atoms with Crippen LogP contribution in [0.5, 0.6) is 0 Å². The maximum absolute atomic E-state index is 11.6. The van der Waals surface area contributed by atoms with Crippen LogP contribution in [-0.4, -0.2) is 29.1 Å². The van der Waals surface area contributed by atoms with Crippen molar-refractivity contribution in [3.63, 3.8) is 0 Å². The molecule has 82 valence electrons. The van der Waals surface area contributed by atoms with Gasteiger partial charge in [0.25, 0.3) is 5.56 Å². The minimum absolute atomic E-state index is 0.120. The smallest absolute Gasteiger partial charge is 0.250 e. The highest BCUT2D eigenvalue weighted by molar-refractivity contribution is 5.07. The Morgan fingerprint density at radius 3 is 2.67 bits per heavy atom. The van der Waals surface area contributed by atoms with Gasteiger partial charge in [-0.15, -0.1) is 0 Å². The largest absolute Gasteiger partial charge is 0.314 e. The van der Waals surface area contributed by atoms with Gasteiger partial charge in [-0.25, -0.2) is 0 Å². The molecular formula is C12H18N2O. The Balaban J connectivity index is 1.95. The molecule has 3 nitrogen and oxygen atoms in total. The summed E-state index contributed by atoms with van der Waals surface area (Å²) in [6.45, 7) is 6.16. The predicted molar refractivity (Wildman–Crippen MR) is 61.1 cm³/mol. The lowest BCUT2D eigenvalue weighted by molar-refractivity contribution is 0.320. The van der Waals surface area contributed by atoms with E-state index >= 15 is 0 Å². The fourth-order valence-corrected chi connectivity index (χ4v) is 2.05. The molecule has 1 aromatic rings. The zero-order chi connectivity index (χ0) is 10.7. The first-order valence-electron chi connectivity index (χ1n) is 5.65. The van der Waals surface area contributed by atoms with Gasteiger partial charge in [0.1, 0.15) is 0 Å². The second-order valence-corrected chi connectivity index (χ2v) is 4.28. The van der Waals surface area contributed by atoms with Crippen LogP contribution in [0.15, 0.2) is 23.1 Å². The van der Waals surface area contributed by atoms with Crippen molar-refractivity contribution in [2.75, 3.05) is 19.6 Å². The number of hydrogen-bond donors (Lipinski definition) is 0. The normalized spacial score (nSPS) is 17.1. The first-order chi connectivity index (χ1) is 7.25. The van der Waals surface area contributed by atoms with Crippen molar-refractivity contribution >= 4 is 0 Å². The van der Waals surface area contributed by atoms with Crippen molar-refractivity contribution in [1.29, 1.82) is 0 Å². The van der Waals surface area contributed by atoms with E-state index in [0.29, 0.717) is 0 Å². The Morgan fingerprint density at radius 1 is 1.27 bits per heavy atom. The van der Waals surface area contributed by atoms with Gasteiger partial charge in [-0.1, -0.05) is 0 Å². The molecule has 0 spiro atoms. The first-order valence-corrected chi connectivity index (χ1v) is 5.65. The highest BCUT2D eigenvalue weighted by Crippen LogP contribution is 2.06. The van der Waals surface area contributed by atoms with Crippen molar-refractivity contribution < 1.29 is 0 Å². The van der Waals surface area contributed by atoms with Crippen LogP contribution in [0.2, 0.25) is 0 Å². The molecule has 0 atom stereocenters. The van der Waals surface area contributed by atoms with Crippen LogP contribution < -0.4 is 5.56 Å². The number of rotatable bonds is 3. The molecule has 1 aromatic heterocycles. The zero-order valence-electron chi connectivity index (χ0n) is 9.28. The van der Waals surface area contributed by atoms with Crippen LogP contribution in [0.25, 0.3) is 0 Å². The van der Waals surface area contributed by atoms with Crippen LogP contribution in [0.4, 0.5) is 0 Å². The summed E-state index contributed by atoms with van der Waals surface area (Å²) >= 11 is 0. The maximum Gasteiger partial charge on any atom is 0.250 e. The number of pyridine rings is 1. The van der Waals surface area contributed by atoms with Gasteiger partial charge in [-0.05, 0) is 44.5 Å². The molecule has 0 N–H and O–H groups in total. The highest BCUT2D eigenvalue weighted by Gasteiger charge is 2.10. The molecule has 0 aromatic carbocycles. The Labute approximate surface area is 90.3 Å². The third kappa shape index (κ3) is 2.69. The summed E-state index contributed by atoms with van der Waals surface area (Å²) in [4.78, 5) is 14.0. The Kier molecular flexibility index (Phi) is 3.21. The summed E-state index contributed by atoms with van der Waals surface area (Å²) in [6, 6.07) is 3.69. The predicted octanol–water partition coefficient (Wildman–Crippen LogP) is 1.25. The van der Waals surface area contributed by atoms with E-state index in [4.69, 9.17) is 0 Å². The van der Waals surface area contributed by atoms with Gasteiger partial charge in [0.15, 0.2) is 0 Å². The fraction of sp³-hybridized carbons (Fsp3) is 0.583. The van der Waals surface area contributed by atoms with Gasteiger partial charge < -0.3 is 9.47 Å². The molecule has 0 amide bonds. The molecule has 2 heterocycles. The molecular weight excluding hydrogens is 188 g/mol. The van der Waals surface area contributed by atoms with E-state index in [1.807, 2.05) is 19.2 Å². The number of nitrogens with zero attached hydrogens (tertiary/aromatic N) is 2. The average Bonchev–Trinajstić information content (AvgIpc) is 2.69. The molecule has 0 saturated carbocycles. The minimum Gasteiger partial charge on any atom is -0.314 e. The lowest BCUT2D eigenvalue weighted by Crippen LogP contribution is -2.28. The molecule has 0 unspecified atom stereocenters. The number of likely N-dealkylation sites (tertiary alicyclic amines) is 1. The van der Waals surface area contributed by atoms with Crippen LogP contribution in [0.3, 0.4) is 0 Å². The Morgan fingerprint density at radius 2 is 2.00 bits per heavy atom. The fourth-order valence-electron chi connectivity index (χ4n) is 2.05. The molecule has 0 bridgehead atoms. The summed E-state index contributed by atoms with van der Waals surface area (Å²) in [6.07, 6.45) is 4.51. The maximum atomic E-state index is 11.6. The van der Waals surface area contributed by atoms with Gasteiger partial charge in [0, 0.05) is 25.4 Å². The van der Waals surface area contributed by atoms with E-state index in [9.17, 15) is 4.79 Å². The molecule has 1 aliphatic heterocycles. The van der Waals surface area contributed by atoms with E-state index in [1.54, 1.807) is 10.6 Å². The van der Waals surface area contributed by atoms with Crippen molar-refractivity contribution in [3.8, 4) is 0 Å². The number of aromatic nitrogens is 1. The SMILES string of the molecule is Cc1ccn(CCN2CCCC2)c(=O)c1. The third-order valence-corrected chi connectivity index (χ3v) is 3.01. The molecule has 0 radical (unpaired) electrons. The highest BCUT2D eigenvalue weighted by atomic mass is 16.1. The molecule has 1 fully saturated rings. The quantitative estimate of drug-likeness (QED) is 0.743. The van der Waals surface area contributed by atoms with E-state index < -0.39 is 0 Å². The van der Waals surface area contributed by atoms with Gasteiger partial charge in [0.2, 0.25) is 0 Å². The molecule has 1 saturated heterocycles. The lowest BCUT2D eigenvalue weighted by atomic mass is 10.3. The lowest BCUT2D eigenvalue weighted by Gasteiger charge is -2.15. The molecule has 3 heteroatoms. The topological polar surface area (TPSA) is 25.2 Å². The summed E-state index contributed by atoms with van der Waals surface area (Å²) in [5.74, 6) is 0. The summed E-state index contributed by atoms with van der Waals surface area (Å²) < 4.78 is 1.80. The van der Waals surface area contributed by atoms with Crippen molar-refractivity contribution in [1.82, 2.24) is 9.47 Å². The second-order valence-electron chi connectivity index (χ2n) is 4.28. The van der Waals surface area contributed by atoms with Gasteiger partial charge in [-0.2, -0.15) is 0 Å². The summed E-state index contributed by atoms with van der Waals surface area (Å²) in [5.41, 5.74) is 1.16.